The van der Waals surface area contributed by atoms with Crippen molar-refractivity contribution in [1.29, 1.82) is 0 Å². The minimum absolute atomic E-state index is 0.0389. The number of carbonyl (C=O) groups is 2. The zero-order valence-corrected chi connectivity index (χ0v) is 16.0. The molecule has 0 aromatic heterocycles. The van der Waals surface area contributed by atoms with Crippen LogP contribution in [0.2, 0.25) is 0 Å². The van der Waals surface area contributed by atoms with Crippen molar-refractivity contribution < 1.29 is 18.5 Å². The van der Waals surface area contributed by atoms with E-state index in [1.807, 2.05) is 0 Å². The van der Waals surface area contributed by atoms with Crippen LogP contribution in [0.15, 0.2) is 10.4 Å². The number of anilines is 1. The van der Waals surface area contributed by atoms with Crippen molar-refractivity contribution in [2.45, 2.75) is 44.9 Å². The summed E-state index contributed by atoms with van der Waals surface area (Å²) in [5.74, 6) is -0.278. The number of hydrogen-bond acceptors (Lipinski definition) is 4. The van der Waals surface area contributed by atoms with Gasteiger partial charge in [-0.2, -0.15) is 0 Å². The number of aryl methyl sites for hydroxylation is 2. The van der Waals surface area contributed by atoms with Gasteiger partial charge in [0, 0.05) is 12.3 Å². The summed E-state index contributed by atoms with van der Waals surface area (Å²) >= 11 is 0. The molecule has 0 radical (unpaired) electrons. The summed E-state index contributed by atoms with van der Waals surface area (Å²) in [5, 5.41) is 2.92. The number of amides is 3. The molecule has 0 saturated carbocycles. The molecule has 7 nitrogen and oxygen atoms in total. The van der Waals surface area contributed by atoms with Gasteiger partial charge in [0.05, 0.1) is 17.8 Å². The van der Waals surface area contributed by atoms with Gasteiger partial charge in [-0.25, -0.2) is 9.00 Å². The first-order chi connectivity index (χ1) is 13.0. The molecule has 2 fully saturated rings. The van der Waals surface area contributed by atoms with Gasteiger partial charge in [-0.15, -0.1) is 4.36 Å². The first-order valence-electron chi connectivity index (χ1n) is 9.60. The summed E-state index contributed by atoms with van der Waals surface area (Å²) in [6.45, 7) is 0.712. The minimum Gasteiger partial charge on any atom is -0.380 e. The normalized spacial score (nSPS) is 31.0. The Bertz CT molecular complexity index is 939. The summed E-state index contributed by atoms with van der Waals surface area (Å²) in [6.07, 6.45) is 6.68. The first-order valence-corrected chi connectivity index (χ1v) is 11.3. The van der Waals surface area contributed by atoms with Crippen LogP contribution < -0.4 is 10.0 Å². The van der Waals surface area contributed by atoms with E-state index < -0.39 is 21.4 Å². The molecule has 1 spiro atoms. The zero-order chi connectivity index (χ0) is 18.6. The Morgan fingerprint density at radius 2 is 1.89 bits per heavy atom. The quantitative estimate of drug-likeness (QED) is 0.769. The number of fused-ring (bicyclic) bond motifs is 2. The van der Waals surface area contributed by atoms with Crippen molar-refractivity contribution in [2.75, 3.05) is 24.3 Å². The van der Waals surface area contributed by atoms with E-state index in [9.17, 15) is 13.8 Å². The van der Waals surface area contributed by atoms with Gasteiger partial charge in [0.15, 0.2) is 0 Å². The predicted molar refractivity (Wildman–Crippen MR) is 101 cm³/mol. The second kappa shape index (κ2) is 6.04. The predicted octanol–water partition coefficient (Wildman–Crippen LogP) is 2.12. The molecule has 2 saturated heterocycles. The third-order valence-corrected chi connectivity index (χ3v) is 8.15. The number of hydrogen-bond donors (Lipinski definition) is 2. The number of nitrogens with zero attached hydrogens (tertiary/aromatic N) is 1. The minimum atomic E-state index is -3.11. The van der Waals surface area contributed by atoms with Gasteiger partial charge in [0.2, 0.25) is 5.91 Å². The van der Waals surface area contributed by atoms with Gasteiger partial charge in [-0.05, 0) is 67.2 Å². The molecule has 8 heteroatoms. The third-order valence-electron chi connectivity index (χ3n) is 6.24. The van der Waals surface area contributed by atoms with E-state index in [-0.39, 0.29) is 18.3 Å². The molecule has 1 aromatic carbocycles. The van der Waals surface area contributed by atoms with Gasteiger partial charge < -0.3 is 10.1 Å². The second-order valence-corrected chi connectivity index (χ2v) is 10.0. The Labute approximate surface area is 158 Å². The molecular formula is C19H23N3O4S. The molecule has 2 aliphatic carbocycles. The molecule has 2 aliphatic heterocycles. The molecular weight excluding hydrogens is 366 g/mol. The molecule has 2 unspecified atom stereocenters. The number of rotatable bonds is 1. The van der Waals surface area contributed by atoms with Crippen LogP contribution in [0.25, 0.3) is 0 Å². The van der Waals surface area contributed by atoms with Crippen LogP contribution in [0, 0.1) is 5.41 Å². The largest absolute Gasteiger partial charge is 0.380 e. The van der Waals surface area contributed by atoms with Crippen molar-refractivity contribution >= 4 is 27.5 Å². The Morgan fingerprint density at radius 1 is 1.19 bits per heavy atom. The SMILES string of the molecule is O=C(N=S1(=O)CC2(CCOC2)C(=O)N1)Nc1c2c(cc3c1CCC3)CCC2. The molecule has 0 bridgehead atoms. The molecule has 4 aliphatic rings. The lowest BCUT2D eigenvalue weighted by molar-refractivity contribution is -0.126. The highest BCUT2D eigenvalue weighted by Crippen LogP contribution is 2.39. The fraction of sp³-hybridized carbons (Fsp3) is 0.579. The first kappa shape index (κ1) is 17.2. The number of nitrogens with one attached hydrogen (secondary N) is 2. The standard InChI is InChI=1S/C19H23N3O4S/c23-17-19(7-8-26-10-19)11-27(25,21-17)22-18(24)20-16-14-5-1-3-12(14)9-13-4-2-6-15(13)16/h9H,1-8,10-11H2,(H2,20,21,22,23,24,25). The van der Waals surface area contributed by atoms with Gasteiger partial charge in [0.1, 0.15) is 9.92 Å². The Kier molecular flexibility index (Phi) is 3.84. The lowest BCUT2D eigenvalue weighted by Crippen LogP contribution is -2.33. The van der Waals surface area contributed by atoms with Crippen LogP contribution in [-0.2, 0) is 45.1 Å². The van der Waals surface area contributed by atoms with Crippen molar-refractivity contribution in [3.63, 3.8) is 0 Å². The van der Waals surface area contributed by atoms with Crippen molar-refractivity contribution in [3.05, 3.63) is 28.3 Å². The molecule has 27 heavy (non-hydrogen) atoms. The maximum atomic E-state index is 13.0. The van der Waals surface area contributed by atoms with Gasteiger partial charge in [-0.3, -0.25) is 9.52 Å². The van der Waals surface area contributed by atoms with E-state index in [0.29, 0.717) is 13.0 Å². The Hall–Kier alpha value is -1.93. The lowest BCUT2D eigenvalue weighted by atomic mass is 9.89. The fourth-order valence-electron chi connectivity index (χ4n) is 4.92. The summed E-state index contributed by atoms with van der Waals surface area (Å²) in [6, 6.07) is 1.66. The topological polar surface area (TPSA) is 96.9 Å². The third kappa shape index (κ3) is 2.77. The summed E-state index contributed by atoms with van der Waals surface area (Å²) < 4.78 is 24.7. The smallest absolute Gasteiger partial charge is 0.354 e. The molecule has 5 rings (SSSR count). The number of urea groups is 1. The van der Waals surface area contributed by atoms with Gasteiger partial charge in [-0.1, -0.05) is 6.07 Å². The molecule has 2 N–H and O–H groups in total. The zero-order valence-electron chi connectivity index (χ0n) is 15.1. The van der Waals surface area contributed by atoms with Crippen LogP contribution >= 0.6 is 0 Å². The fourth-order valence-corrected chi connectivity index (χ4v) is 7.03. The second-order valence-electron chi connectivity index (χ2n) is 8.05. The average Bonchev–Trinajstić information content (AvgIpc) is 3.36. The van der Waals surface area contributed by atoms with Crippen molar-refractivity contribution in [3.8, 4) is 0 Å². The number of carbonyl (C=O) groups excluding carboxylic acids is 2. The lowest BCUT2D eigenvalue weighted by Gasteiger charge is -2.15. The number of ether oxygens (including phenoxy) is 1. The monoisotopic (exact) mass is 389 g/mol. The Morgan fingerprint density at radius 3 is 2.52 bits per heavy atom. The highest BCUT2D eigenvalue weighted by molar-refractivity contribution is 7.93. The highest BCUT2D eigenvalue weighted by Gasteiger charge is 2.51. The highest BCUT2D eigenvalue weighted by atomic mass is 32.2. The molecule has 3 amide bonds. The van der Waals surface area contributed by atoms with Crippen molar-refractivity contribution in [2.24, 2.45) is 9.78 Å². The van der Waals surface area contributed by atoms with Crippen molar-refractivity contribution in [1.82, 2.24) is 4.72 Å². The average molecular weight is 389 g/mol. The van der Waals surface area contributed by atoms with Crippen LogP contribution in [0.1, 0.15) is 41.5 Å². The van der Waals surface area contributed by atoms with Gasteiger partial charge in [0.25, 0.3) is 0 Å². The molecule has 144 valence electrons. The van der Waals surface area contributed by atoms with Crippen LogP contribution in [-0.4, -0.2) is 35.1 Å². The van der Waals surface area contributed by atoms with Crippen LogP contribution in [0.4, 0.5) is 10.5 Å². The maximum Gasteiger partial charge on any atom is 0.354 e. The molecule has 1 aromatic rings. The van der Waals surface area contributed by atoms with E-state index in [4.69, 9.17) is 4.74 Å². The molecule has 2 heterocycles. The van der Waals surface area contributed by atoms with Crippen LogP contribution in [0.5, 0.6) is 0 Å². The molecule has 2 atom stereocenters. The van der Waals surface area contributed by atoms with E-state index in [2.05, 4.69) is 20.5 Å². The Balaban J connectivity index is 1.45. The van der Waals surface area contributed by atoms with Crippen LogP contribution in [0.3, 0.4) is 0 Å². The number of benzene rings is 1. The van der Waals surface area contributed by atoms with Gasteiger partial charge >= 0.3 is 6.03 Å². The summed E-state index contributed by atoms with van der Waals surface area (Å²) in [4.78, 5) is 24.9. The maximum absolute atomic E-state index is 13.0. The van der Waals surface area contributed by atoms with E-state index in [0.717, 1.165) is 44.2 Å². The summed E-state index contributed by atoms with van der Waals surface area (Å²) in [7, 11) is -3.11. The van der Waals surface area contributed by atoms with E-state index in [1.165, 1.54) is 22.3 Å². The van der Waals surface area contributed by atoms with E-state index >= 15 is 0 Å². The summed E-state index contributed by atoms with van der Waals surface area (Å²) in [5.41, 5.74) is 5.10. The van der Waals surface area contributed by atoms with E-state index in [1.54, 1.807) is 0 Å².